The van der Waals surface area contributed by atoms with Gasteiger partial charge in [-0.3, -0.25) is 0 Å². The molecule has 0 saturated heterocycles. The van der Waals surface area contributed by atoms with Crippen molar-refractivity contribution in [2.75, 3.05) is 0 Å². The van der Waals surface area contributed by atoms with E-state index in [1.807, 2.05) is 99.5 Å². The summed E-state index contributed by atoms with van der Waals surface area (Å²) in [5, 5.41) is 19.8. The Morgan fingerprint density at radius 1 is 0.516 bits per heavy atom. The van der Waals surface area contributed by atoms with Crippen molar-refractivity contribution >= 4 is 36.4 Å². The second-order valence-corrected chi connectivity index (χ2v) is 7.38. The molecule has 4 aromatic carbocycles. The zero-order chi connectivity index (χ0) is 21.5. The minimum Gasteiger partial charge on any atom is -0.509 e. The Morgan fingerprint density at radius 3 is 1.29 bits per heavy atom. The highest BCUT2D eigenvalue weighted by Gasteiger charge is 2.05. The number of phenolic OH excluding ortho intramolecular Hbond substituents is 2. The molecule has 31 heavy (non-hydrogen) atoms. The summed E-state index contributed by atoms with van der Waals surface area (Å²) in [6.07, 6.45) is 0. The van der Waals surface area contributed by atoms with Crippen LogP contribution in [0.15, 0.2) is 97.1 Å². The Hall–Kier alpha value is -3.43. The number of aromatic hydroxyl groups is 2. The normalized spacial score (nSPS) is 10.6. The molecule has 2 radical (unpaired) electrons. The Balaban J connectivity index is 1.26. The molecule has 0 spiro atoms. The average molecular weight is 404 g/mol. The van der Waals surface area contributed by atoms with Gasteiger partial charge in [0.25, 0.3) is 0 Å². The highest BCUT2D eigenvalue weighted by molar-refractivity contribution is 6.68. The second kappa shape index (κ2) is 10.1. The molecular formula is C26H22B2O3. The van der Waals surface area contributed by atoms with Gasteiger partial charge in [-0.1, -0.05) is 95.9 Å². The highest BCUT2D eigenvalue weighted by Crippen LogP contribution is 2.06. The van der Waals surface area contributed by atoms with E-state index in [2.05, 4.69) is 0 Å². The minimum absolute atomic E-state index is 0.277. The molecule has 2 N–H and O–H groups in total. The molecule has 0 saturated carbocycles. The monoisotopic (exact) mass is 404 g/mol. The van der Waals surface area contributed by atoms with Crippen molar-refractivity contribution < 1.29 is 14.9 Å². The van der Waals surface area contributed by atoms with E-state index >= 15 is 0 Å². The number of rotatable bonds is 8. The summed E-state index contributed by atoms with van der Waals surface area (Å²) in [4.78, 5) is 0. The van der Waals surface area contributed by atoms with E-state index in [1.54, 1.807) is 12.1 Å². The van der Waals surface area contributed by atoms with Crippen molar-refractivity contribution in [3.8, 4) is 11.5 Å². The maximum absolute atomic E-state index is 9.89. The molecule has 0 aliphatic carbocycles. The lowest BCUT2D eigenvalue weighted by Gasteiger charge is -2.08. The Bertz CT molecular complexity index is 1030. The summed E-state index contributed by atoms with van der Waals surface area (Å²) in [5.74, 6) is 0.554. The zero-order valence-electron chi connectivity index (χ0n) is 17.1. The van der Waals surface area contributed by atoms with Crippen molar-refractivity contribution in [2.45, 2.75) is 13.2 Å². The van der Waals surface area contributed by atoms with Gasteiger partial charge in [-0.15, -0.1) is 0 Å². The molecule has 150 valence electrons. The van der Waals surface area contributed by atoms with Crippen LogP contribution in [0.5, 0.6) is 11.5 Å². The zero-order valence-corrected chi connectivity index (χ0v) is 17.1. The molecule has 5 heteroatoms. The summed E-state index contributed by atoms with van der Waals surface area (Å²) in [5.41, 5.74) is 5.85. The van der Waals surface area contributed by atoms with E-state index in [9.17, 15) is 10.2 Å². The van der Waals surface area contributed by atoms with Gasteiger partial charge in [0.15, 0.2) is 14.6 Å². The standard InChI is InChI=1S/C26H22B2O3/c29-25-7-3-1-5-23(25)27-21-13-9-19(10-14-21)17-31-18-20-11-15-22(16-12-20)28-24-6-2-4-8-26(24)30/h1-16,29-30H,17-18H2. The van der Waals surface area contributed by atoms with Crippen LogP contribution in [-0.4, -0.2) is 24.8 Å². The number of hydrogen-bond donors (Lipinski definition) is 2. The fourth-order valence-corrected chi connectivity index (χ4v) is 3.29. The molecule has 0 atom stereocenters. The molecule has 0 unspecified atom stereocenters. The fourth-order valence-electron chi connectivity index (χ4n) is 3.29. The average Bonchev–Trinajstić information content (AvgIpc) is 2.79. The Morgan fingerprint density at radius 2 is 0.903 bits per heavy atom. The first-order chi connectivity index (χ1) is 15.2. The van der Waals surface area contributed by atoms with Crippen LogP contribution in [-0.2, 0) is 18.0 Å². The summed E-state index contributed by atoms with van der Waals surface area (Å²) in [6, 6.07) is 30.8. The van der Waals surface area contributed by atoms with Crippen LogP contribution in [0, 0.1) is 0 Å². The topological polar surface area (TPSA) is 49.7 Å². The van der Waals surface area contributed by atoms with Gasteiger partial charge in [-0.2, -0.15) is 0 Å². The molecule has 0 aliphatic rings. The number of hydrogen-bond acceptors (Lipinski definition) is 3. The SMILES string of the molecule is Oc1ccccc1[B]c1ccc(COCc2ccc([B]c3ccccc3O)cc2)cc1. The van der Waals surface area contributed by atoms with E-state index in [0.29, 0.717) is 13.2 Å². The van der Waals surface area contributed by atoms with Crippen LogP contribution in [0.1, 0.15) is 11.1 Å². The first-order valence-corrected chi connectivity index (χ1v) is 10.2. The van der Waals surface area contributed by atoms with Crippen LogP contribution in [0.2, 0.25) is 0 Å². The first kappa shape index (κ1) is 20.8. The summed E-state index contributed by atoms with van der Waals surface area (Å²) in [7, 11) is 3.90. The van der Waals surface area contributed by atoms with Crippen molar-refractivity contribution in [3.05, 3.63) is 108 Å². The molecule has 0 heterocycles. The smallest absolute Gasteiger partial charge is 0.196 e. The summed E-state index contributed by atoms with van der Waals surface area (Å²) >= 11 is 0. The van der Waals surface area contributed by atoms with Gasteiger partial charge in [0, 0.05) is 0 Å². The molecular weight excluding hydrogens is 382 g/mol. The number of ether oxygens (including phenoxy) is 1. The van der Waals surface area contributed by atoms with Gasteiger partial charge in [0.1, 0.15) is 11.5 Å². The number of phenols is 2. The first-order valence-electron chi connectivity index (χ1n) is 10.2. The van der Waals surface area contributed by atoms with E-state index < -0.39 is 0 Å². The Labute approximate surface area is 184 Å². The third-order valence-electron chi connectivity index (χ3n) is 5.01. The molecule has 0 aliphatic heterocycles. The van der Waals surface area contributed by atoms with Gasteiger partial charge in [0.05, 0.1) is 13.2 Å². The molecule has 4 aromatic rings. The second-order valence-electron chi connectivity index (χ2n) is 7.38. The third kappa shape index (κ3) is 5.80. The minimum atomic E-state index is 0.277. The molecule has 0 fully saturated rings. The molecule has 0 amide bonds. The predicted molar refractivity (Wildman–Crippen MR) is 128 cm³/mol. The molecule has 0 aromatic heterocycles. The number of para-hydroxylation sites is 2. The van der Waals surface area contributed by atoms with Crippen LogP contribution in [0.4, 0.5) is 0 Å². The fraction of sp³-hybridized carbons (Fsp3) is 0.0769. The molecule has 4 rings (SSSR count). The van der Waals surface area contributed by atoms with Crippen molar-refractivity contribution in [3.63, 3.8) is 0 Å². The van der Waals surface area contributed by atoms with Gasteiger partial charge in [-0.25, -0.2) is 0 Å². The summed E-state index contributed by atoms with van der Waals surface area (Å²) < 4.78 is 5.86. The maximum Gasteiger partial charge on any atom is 0.196 e. The lowest BCUT2D eigenvalue weighted by atomic mass is 9.63. The van der Waals surface area contributed by atoms with Crippen LogP contribution in [0.25, 0.3) is 0 Å². The van der Waals surface area contributed by atoms with Gasteiger partial charge >= 0.3 is 0 Å². The van der Waals surface area contributed by atoms with Gasteiger partial charge in [-0.05, 0) is 34.2 Å². The largest absolute Gasteiger partial charge is 0.509 e. The van der Waals surface area contributed by atoms with E-state index in [4.69, 9.17) is 4.74 Å². The molecule has 3 nitrogen and oxygen atoms in total. The summed E-state index contributed by atoms with van der Waals surface area (Å²) in [6.45, 7) is 1.06. The lowest BCUT2D eigenvalue weighted by molar-refractivity contribution is 0.107. The van der Waals surface area contributed by atoms with E-state index in [1.165, 1.54) is 0 Å². The number of benzene rings is 4. The molecule has 0 bridgehead atoms. The maximum atomic E-state index is 9.89. The third-order valence-corrected chi connectivity index (χ3v) is 5.01. The highest BCUT2D eigenvalue weighted by atomic mass is 16.5. The van der Waals surface area contributed by atoms with Crippen LogP contribution >= 0.6 is 0 Å². The van der Waals surface area contributed by atoms with Crippen molar-refractivity contribution in [1.82, 2.24) is 0 Å². The van der Waals surface area contributed by atoms with Crippen LogP contribution < -0.4 is 21.9 Å². The van der Waals surface area contributed by atoms with Gasteiger partial charge in [0.2, 0.25) is 0 Å². The van der Waals surface area contributed by atoms with Crippen LogP contribution in [0.3, 0.4) is 0 Å². The van der Waals surface area contributed by atoms with E-state index in [-0.39, 0.29) is 11.5 Å². The predicted octanol–water partition coefficient (Wildman–Crippen LogP) is 2.12. The quantitative estimate of drug-likeness (QED) is 0.443. The van der Waals surface area contributed by atoms with Gasteiger partial charge < -0.3 is 14.9 Å². The van der Waals surface area contributed by atoms with Crippen molar-refractivity contribution in [2.24, 2.45) is 0 Å². The van der Waals surface area contributed by atoms with Crippen molar-refractivity contribution in [1.29, 1.82) is 0 Å². The lowest BCUT2D eigenvalue weighted by Crippen LogP contribution is -2.27. The van der Waals surface area contributed by atoms with E-state index in [0.717, 1.165) is 33.0 Å². The Kier molecular flexibility index (Phi) is 6.75.